The van der Waals surface area contributed by atoms with Crippen LogP contribution in [-0.4, -0.2) is 72.5 Å². The average Bonchev–Trinajstić information content (AvgIpc) is 2.75. The Morgan fingerprint density at radius 1 is 1.20 bits per heavy atom. The second kappa shape index (κ2) is 9.68. The zero-order valence-corrected chi connectivity index (χ0v) is 18.0. The van der Waals surface area contributed by atoms with Crippen LogP contribution in [0.25, 0.3) is 0 Å². The lowest BCUT2D eigenvalue weighted by Gasteiger charge is -2.36. The molecule has 0 saturated carbocycles. The molecule has 0 unspecified atom stereocenters. The Bertz CT molecular complexity index is 846. The predicted octanol–water partition coefficient (Wildman–Crippen LogP) is 2.00. The second-order valence-corrected chi connectivity index (χ2v) is 8.91. The summed E-state index contributed by atoms with van der Waals surface area (Å²) >= 11 is 1.88. The van der Waals surface area contributed by atoms with E-state index in [1.165, 1.54) is 5.57 Å². The van der Waals surface area contributed by atoms with Gasteiger partial charge in [0.15, 0.2) is 0 Å². The first-order chi connectivity index (χ1) is 14.6. The molecular weight excluding hydrogens is 398 g/mol. The first-order valence-electron chi connectivity index (χ1n) is 10.5. The number of nitrogens with zero attached hydrogens (tertiary/aromatic N) is 2. The fourth-order valence-electron chi connectivity index (χ4n) is 4.04. The van der Waals surface area contributed by atoms with E-state index in [2.05, 4.69) is 27.4 Å². The summed E-state index contributed by atoms with van der Waals surface area (Å²) < 4.78 is 0. The molecule has 0 aromatic heterocycles. The van der Waals surface area contributed by atoms with Gasteiger partial charge in [-0.05, 0) is 36.3 Å². The average molecular weight is 428 g/mol. The Hall–Kier alpha value is -2.29. The molecule has 4 rings (SSSR count). The number of carbonyl (C=O) groups is 2. The molecule has 8 heteroatoms. The first-order valence-corrected chi connectivity index (χ1v) is 11.6. The van der Waals surface area contributed by atoms with Crippen LogP contribution < -0.4 is 16.0 Å². The third-order valence-electron chi connectivity index (χ3n) is 5.71. The Balaban J connectivity index is 1.31. The number of hydrogen-bond donors (Lipinski definition) is 3. The molecule has 0 radical (unpaired) electrons. The van der Waals surface area contributed by atoms with E-state index in [1.807, 2.05) is 40.9 Å². The van der Waals surface area contributed by atoms with Crippen LogP contribution in [-0.2, 0) is 11.2 Å². The third-order valence-corrected chi connectivity index (χ3v) is 6.70. The molecule has 7 nitrogen and oxygen atoms in total. The second-order valence-electron chi connectivity index (χ2n) is 7.81. The van der Waals surface area contributed by atoms with Gasteiger partial charge in [0.1, 0.15) is 0 Å². The number of urea groups is 1. The van der Waals surface area contributed by atoms with E-state index in [0.717, 1.165) is 73.2 Å². The molecule has 3 aliphatic rings. The monoisotopic (exact) mass is 427 g/mol. The molecule has 3 N–H and O–H groups in total. The molecule has 1 fully saturated rings. The quantitative estimate of drug-likeness (QED) is 0.647. The van der Waals surface area contributed by atoms with Gasteiger partial charge in [-0.2, -0.15) is 11.8 Å². The molecule has 3 aliphatic heterocycles. The number of allylic oxidation sites excluding steroid dienone is 2. The summed E-state index contributed by atoms with van der Waals surface area (Å²) in [5, 5.41) is 9.16. The van der Waals surface area contributed by atoms with Crippen LogP contribution in [0.2, 0.25) is 0 Å². The number of anilines is 1. The van der Waals surface area contributed by atoms with Crippen LogP contribution >= 0.6 is 11.8 Å². The van der Waals surface area contributed by atoms with Crippen molar-refractivity contribution < 1.29 is 9.59 Å². The Kier molecular flexibility index (Phi) is 6.76. The van der Waals surface area contributed by atoms with Crippen LogP contribution in [0.15, 0.2) is 47.8 Å². The summed E-state index contributed by atoms with van der Waals surface area (Å²) in [6.45, 7) is 8.74. The van der Waals surface area contributed by atoms with Crippen molar-refractivity contribution in [2.24, 2.45) is 0 Å². The van der Waals surface area contributed by atoms with Crippen LogP contribution in [0.5, 0.6) is 0 Å². The van der Waals surface area contributed by atoms with Gasteiger partial charge in [-0.15, -0.1) is 0 Å². The van der Waals surface area contributed by atoms with Gasteiger partial charge in [0.05, 0.1) is 6.54 Å². The van der Waals surface area contributed by atoms with Crippen molar-refractivity contribution in [1.29, 1.82) is 0 Å². The predicted molar refractivity (Wildman–Crippen MR) is 121 cm³/mol. The number of rotatable bonds is 6. The summed E-state index contributed by atoms with van der Waals surface area (Å²) in [4.78, 5) is 28.8. The van der Waals surface area contributed by atoms with Crippen molar-refractivity contribution in [3.8, 4) is 0 Å². The van der Waals surface area contributed by atoms with Crippen molar-refractivity contribution in [1.82, 2.24) is 20.4 Å². The zero-order valence-electron chi connectivity index (χ0n) is 17.2. The fourth-order valence-corrected chi connectivity index (χ4v) is 5.06. The van der Waals surface area contributed by atoms with E-state index in [0.29, 0.717) is 13.1 Å². The van der Waals surface area contributed by atoms with E-state index in [-0.39, 0.29) is 11.9 Å². The van der Waals surface area contributed by atoms with Crippen LogP contribution in [0.1, 0.15) is 12.0 Å². The SMILES string of the molecule is C=C1NC(=O)N(CCc2ccc(NC(=O)CN3CCNCC3)cc2)C2=C1CSCC2. The van der Waals surface area contributed by atoms with Crippen LogP contribution in [0, 0.1) is 0 Å². The lowest BCUT2D eigenvalue weighted by atomic mass is 10.1. The van der Waals surface area contributed by atoms with E-state index in [4.69, 9.17) is 0 Å². The minimum absolute atomic E-state index is 0.0181. The third kappa shape index (κ3) is 5.06. The summed E-state index contributed by atoms with van der Waals surface area (Å²) in [5.74, 6) is 1.97. The number of carbonyl (C=O) groups excluding carboxylic acids is 2. The Morgan fingerprint density at radius 2 is 1.97 bits per heavy atom. The normalized spacial score (nSPS) is 20.1. The summed E-state index contributed by atoms with van der Waals surface area (Å²) in [5.41, 5.74) is 4.99. The lowest BCUT2D eigenvalue weighted by Crippen LogP contribution is -2.46. The molecule has 0 aliphatic carbocycles. The molecule has 160 valence electrons. The maximum absolute atomic E-state index is 12.5. The smallest absolute Gasteiger partial charge is 0.325 e. The molecule has 0 spiro atoms. The molecule has 3 amide bonds. The van der Waals surface area contributed by atoms with Crippen molar-refractivity contribution in [3.63, 3.8) is 0 Å². The van der Waals surface area contributed by atoms with Gasteiger partial charge in [0.2, 0.25) is 5.91 Å². The molecule has 1 aromatic rings. The standard InChI is InChI=1S/C22H29N5O2S/c1-16-19-15-30-13-7-20(19)27(22(29)24-16)10-6-17-2-4-18(5-3-17)25-21(28)14-26-11-8-23-9-12-26/h2-5,23H,1,6-15H2,(H,24,29)(H,25,28). The van der Waals surface area contributed by atoms with Gasteiger partial charge in [-0.25, -0.2) is 4.79 Å². The summed E-state index contributed by atoms with van der Waals surface area (Å²) in [7, 11) is 0. The first kappa shape index (κ1) is 21.0. The highest BCUT2D eigenvalue weighted by molar-refractivity contribution is 7.99. The molecule has 3 heterocycles. The van der Waals surface area contributed by atoms with Crippen molar-refractivity contribution in [3.05, 3.63) is 53.4 Å². The van der Waals surface area contributed by atoms with E-state index >= 15 is 0 Å². The zero-order chi connectivity index (χ0) is 20.9. The highest BCUT2D eigenvalue weighted by Crippen LogP contribution is 2.32. The number of nitrogens with one attached hydrogen (secondary N) is 3. The van der Waals surface area contributed by atoms with E-state index < -0.39 is 0 Å². The topological polar surface area (TPSA) is 76.7 Å². The van der Waals surface area contributed by atoms with Gasteiger partial charge in [-0.3, -0.25) is 14.6 Å². The minimum atomic E-state index is -0.0811. The number of hydrogen-bond acceptors (Lipinski definition) is 5. The highest BCUT2D eigenvalue weighted by atomic mass is 32.2. The maximum atomic E-state index is 12.5. The van der Waals surface area contributed by atoms with E-state index in [9.17, 15) is 9.59 Å². The van der Waals surface area contributed by atoms with Gasteiger partial charge < -0.3 is 16.0 Å². The fraction of sp³-hybridized carbons (Fsp3) is 0.455. The van der Waals surface area contributed by atoms with Crippen LogP contribution in [0.4, 0.5) is 10.5 Å². The molecule has 1 saturated heterocycles. The van der Waals surface area contributed by atoms with Gasteiger partial charge >= 0.3 is 6.03 Å². The van der Waals surface area contributed by atoms with Crippen molar-refractivity contribution >= 4 is 29.4 Å². The number of benzene rings is 1. The van der Waals surface area contributed by atoms with Crippen molar-refractivity contribution in [2.75, 3.05) is 56.1 Å². The molecule has 30 heavy (non-hydrogen) atoms. The maximum Gasteiger partial charge on any atom is 0.326 e. The number of piperazine rings is 1. The summed E-state index contributed by atoms with van der Waals surface area (Å²) in [6.07, 6.45) is 1.67. The molecule has 0 atom stereocenters. The largest absolute Gasteiger partial charge is 0.326 e. The highest BCUT2D eigenvalue weighted by Gasteiger charge is 2.30. The molecular formula is C22H29N5O2S. The van der Waals surface area contributed by atoms with Gasteiger partial charge in [0.25, 0.3) is 0 Å². The van der Waals surface area contributed by atoms with Crippen molar-refractivity contribution in [2.45, 2.75) is 12.8 Å². The van der Waals surface area contributed by atoms with E-state index in [1.54, 1.807) is 0 Å². The Labute approximate surface area is 181 Å². The minimum Gasteiger partial charge on any atom is -0.325 e. The Morgan fingerprint density at radius 3 is 2.73 bits per heavy atom. The lowest BCUT2D eigenvalue weighted by molar-refractivity contribution is -0.117. The summed E-state index contributed by atoms with van der Waals surface area (Å²) in [6, 6.07) is 7.83. The number of thioether (sulfide) groups is 1. The number of amides is 3. The van der Waals surface area contributed by atoms with Gasteiger partial charge in [0, 0.05) is 61.1 Å². The molecule has 1 aromatic carbocycles. The van der Waals surface area contributed by atoms with Gasteiger partial charge in [-0.1, -0.05) is 18.7 Å². The molecule has 0 bridgehead atoms. The van der Waals surface area contributed by atoms with Crippen LogP contribution in [0.3, 0.4) is 0 Å².